The number of thiazole rings is 1. The SMILES string of the molecule is COC(=O)c1sc(N2CCC(COc3ccccc3)CC2)nc1Cl. The molecular weight excluding hydrogens is 348 g/mol. The maximum atomic E-state index is 11.6. The van der Waals surface area contributed by atoms with Crippen LogP contribution in [0.1, 0.15) is 22.5 Å². The van der Waals surface area contributed by atoms with Gasteiger partial charge in [0.05, 0.1) is 13.7 Å². The van der Waals surface area contributed by atoms with Crippen LogP contribution < -0.4 is 9.64 Å². The number of benzene rings is 1. The number of para-hydroxylation sites is 1. The van der Waals surface area contributed by atoms with Crippen molar-refractivity contribution in [2.75, 3.05) is 31.7 Å². The van der Waals surface area contributed by atoms with Crippen LogP contribution in [0.3, 0.4) is 0 Å². The molecule has 0 spiro atoms. The lowest BCUT2D eigenvalue weighted by Gasteiger charge is -2.31. The summed E-state index contributed by atoms with van der Waals surface area (Å²) in [5.74, 6) is 1.00. The molecule has 1 aliphatic rings. The highest BCUT2D eigenvalue weighted by atomic mass is 35.5. The number of ether oxygens (including phenoxy) is 2. The Morgan fingerprint density at radius 2 is 2.04 bits per heavy atom. The minimum absolute atomic E-state index is 0.219. The number of anilines is 1. The van der Waals surface area contributed by atoms with Gasteiger partial charge in [-0.1, -0.05) is 41.1 Å². The smallest absolute Gasteiger partial charge is 0.351 e. The van der Waals surface area contributed by atoms with Crippen molar-refractivity contribution in [1.82, 2.24) is 4.98 Å². The first-order chi connectivity index (χ1) is 11.7. The number of carbonyl (C=O) groups is 1. The summed E-state index contributed by atoms with van der Waals surface area (Å²) < 4.78 is 10.6. The zero-order valence-corrected chi connectivity index (χ0v) is 15.0. The summed E-state index contributed by atoms with van der Waals surface area (Å²) in [5, 5.41) is 0.999. The average molecular weight is 367 g/mol. The lowest BCUT2D eigenvalue weighted by molar-refractivity contribution is 0.0606. The van der Waals surface area contributed by atoms with Crippen LogP contribution in [0.15, 0.2) is 30.3 Å². The quantitative estimate of drug-likeness (QED) is 0.751. The number of piperidine rings is 1. The Morgan fingerprint density at radius 3 is 2.71 bits per heavy atom. The summed E-state index contributed by atoms with van der Waals surface area (Å²) in [6.45, 7) is 2.49. The normalized spacial score (nSPS) is 15.3. The van der Waals surface area contributed by atoms with E-state index in [1.165, 1.54) is 18.4 Å². The molecular formula is C17H19ClN2O3S. The third kappa shape index (κ3) is 3.99. The van der Waals surface area contributed by atoms with E-state index < -0.39 is 5.97 Å². The molecule has 0 amide bonds. The van der Waals surface area contributed by atoms with Gasteiger partial charge in [0.2, 0.25) is 0 Å². The average Bonchev–Trinajstić information content (AvgIpc) is 3.02. The molecule has 3 rings (SSSR count). The first kappa shape index (κ1) is 17.0. The number of nitrogens with zero attached hydrogens (tertiary/aromatic N) is 2. The van der Waals surface area contributed by atoms with Gasteiger partial charge in [-0.05, 0) is 30.9 Å². The summed E-state index contributed by atoms with van der Waals surface area (Å²) >= 11 is 7.32. The number of rotatable bonds is 5. The molecule has 2 aromatic rings. The fourth-order valence-corrected chi connectivity index (χ4v) is 3.92. The molecule has 0 N–H and O–H groups in total. The van der Waals surface area contributed by atoms with Crippen LogP contribution in [-0.2, 0) is 4.74 Å². The molecule has 0 saturated carbocycles. The van der Waals surface area contributed by atoms with Crippen molar-refractivity contribution in [1.29, 1.82) is 0 Å². The highest BCUT2D eigenvalue weighted by Crippen LogP contribution is 2.32. The molecule has 24 heavy (non-hydrogen) atoms. The van der Waals surface area contributed by atoms with E-state index >= 15 is 0 Å². The number of methoxy groups -OCH3 is 1. The Kier molecular flexibility index (Phi) is 5.58. The predicted octanol–water partition coefficient (Wildman–Crippen LogP) is 3.88. The monoisotopic (exact) mass is 366 g/mol. The van der Waals surface area contributed by atoms with Gasteiger partial charge in [-0.3, -0.25) is 0 Å². The third-order valence-corrected chi connectivity index (χ3v) is 5.54. The second-order valence-corrected chi connectivity index (χ2v) is 7.00. The fourth-order valence-electron chi connectivity index (χ4n) is 2.67. The molecule has 1 saturated heterocycles. The van der Waals surface area contributed by atoms with Crippen LogP contribution in [-0.4, -0.2) is 37.8 Å². The van der Waals surface area contributed by atoms with Crippen molar-refractivity contribution in [2.45, 2.75) is 12.8 Å². The van der Waals surface area contributed by atoms with Gasteiger partial charge in [0.1, 0.15) is 5.75 Å². The largest absolute Gasteiger partial charge is 0.493 e. The first-order valence-electron chi connectivity index (χ1n) is 7.85. The number of esters is 1. The maximum absolute atomic E-state index is 11.6. The molecule has 0 radical (unpaired) electrons. The first-order valence-corrected chi connectivity index (χ1v) is 9.04. The Morgan fingerprint density at radius 1 is 1.33 bits per heavy atom. The van der Waals surface area contributed by atoms with Crippen LogP contribution in [0.4, 0.5) is 5.13 Å². The number of carbonyl (C=O) groups excluding carboxylic acids is 1. The predicted molar refractivity (Wildman–Crippen MR) is 95.3 cm³/mol. The van der Waals surface area contributed by atoms with Gasteiger partial charge >= 0.3 is 5.97 Å². The van der Waals surface area contributed by atoms with Crippen molar-refractivity contribution in [3.05, 3.63) is 40.4 Å². The zero-order chi connectivity index (χ0) is 16.9. The van der Waals surface area contributed by atoms with Gasteiger partial charge in [0, 0.05) is 13.1 Å². The molecule has 0 unspecified atom stereocenters. The number of aromatic nitrogens is 1. The van der Waals surface area contributed by atoms with Crippen LogP contribution in [0.5, 0.6) is 5.75 Å². The lowest BCUT2D eigenvalue weighted by atomic mass is 9.98. The number of halogens is 1. The molecule has 2 heterocycles. The van der Waals surface area contributed by atoms with Crippen molar-refractivity contribution in [3.8, 4) is 5.75 Å². The number of hydrogen-bond donors (Lipinski definition) is 0. The van der Waals surface area contributed by atoms with Crippen LogP contribution in [0.25, 0.3) is 0 Å². The van der Waals surface area contributed by atoms with Crippen molar-refractivity contribution < 1.29 is 14.3 Å². The van der Waals surface area contributed by atoms with Crippen LogP contribution in [0.2, 0.25) is 5.15 Å². The molecule has 7 heteroatoms. The maximum Gasteiger partial charge on any atom is 0.351 e. The van der Waals surface area contributed by atoms with E-state index in [0.717, 1.165) is 43.4 Å². The summed E-state index contributed by atoms with van der Waals surface area (Å²) in [7, 11) is 1.34. The Labute approximate surface area is 150 Å². The van der Waals surface area contributed by atoms with Gasteiger partial charge in [0.25, 0.3) is 0 Å². The molecule has 1 fully saturated rings. The standard InChI is InChI=1S/C17H19ClN2O3S/c1-22-16(21)14-15(18)19-17(24-14)20-9-7-12(8-10-20)11-23-13-5-3-2-4-6-13/h2-6,12H,7-11H2,1H3. The van der Waals surface area contributed by atoms with E-state index in [-0.39, 0.29) is 5.15 Å². The summed E-state index contributed by atoms with van der Waals surface area (Å²) in [6, 6.07) is 9.88. The van der Waals surface area contributed by atoms with E-state index in [1.54, 1.807) is 0 Å². The van der Waals surface area contributed by atoms with E-state index in [2.05, 4.69) is 9.88 Å². The molecule has 0 atom stereocenters. The molecule has 1 aromatic heterocycles. The fraction of sp³-hybridized carbons (Fsp3) is 0.412. The minimum Gasteiger partial charge on any atom is -0.493 e. The zero-order valence-electron chi connectivity index (χ0n) is 13.4. The molecule has 5 nitrogen and oxygen atoms in total. The second-order valence-electron chi connectivity index (χ2n) is 5.66. The van der Waals surface area contributed by atoms with E-state index in [0.29, 0.717) is 10.8 Å². The highest BCUT2D eigenvalue weighted by molar-refractivity contribution is 7.18. The van der Waals surface area contributed by atoms with E-state index in [4.69, 9.17) is 21.1 Å². The second kappa shape index (κ2) is 7.85. The van der Waals surface area contributed by atoms with Crippen LogP contribution >= 0.6 is 22.9 Å². The lowest BCUT2D eigenvalue weighted by Crippen LogP contribution is -2.35. The third-order valence-electron chi connectivity index (χ3n) is 4.06. The summed E-state index contributed by atoms with van der Waals surface area (Å²) in [5.41, 5.74) is 0. The van der Waals surface area contributed by atoms with Crippen molar-refractivity contribution in [3.63, 3.8) is 0 Å². The topological polar surface area (TPSA) is 51.7 Å². The Bertz CT molecular complexity index is 684. The molecule has 128 valence electrons. The Balaban J connectivity index is 1.52. The minimum atomic E-state index is -0.435. The van der Waals surface area contributed by atoms with Gasteiger partial charge < -0.3 is 14.4 Å². The van der Waals surface area contributed by atoms with Gasteiger partial charge in [-0.25, -0.2) is 9.78 Å². The van der Waals surface area contributed by atoms with Gasteiger partial charge in [-0.15, -0.1) is 0 Å². The molecule has 1 aromatic carbocycles. The van der Waals surface area contributed by atoms with Gasteiger partial charge in [0.15, 0.2) is 15.2 Å². The van der Waals surface area contributed by atoms with Gasteiger partial charge in [-0.2, -0.15) is 0 Å². The molecule has 1 aliphatic heterocycles. The number of hydrogen-bond acceptors (Lipinski definition) is 6. The Hall–Kier alpha value is -1.79. The van der Waals surface area contributed by atoms with Crippen molar-refractivity contribution in [2.24, 2.45) is 5.92 Å². The molecule has 0 aliphatic carbocycles. The van der Waals surface area contributed by atoms with E-state index in [9.17, 15) is 4.79 Å². The highest BCUT2D eigenvalue weighted by Gasteiger charge is 2.25. The van der Waals surface area contributed by atoms with Crippen LogP contribution in [0, 0.1) is 5.92 Å². The summed E-state index contributed by atoms with van der Waals surface area (Å²) in [6.07, 6.45) is 2.05. The molecule has 0 bridgehead atoms. The van der Waals surface area contributed by atoms with Crippen molar-refractivity contribution >= 4 is 34.0 Å². The summed E-state index contributed by atoms with van der Waals surface area (Å²) in [4.78, 5) is 18.5. The van der Waals surface area contributed by atoms with E-state index in [1.807, 2.05) is 30.3 Å².